The van der Waals surface area contributed by atoms with E-state index in [9.17, 15) is 4.79 Å². The molecule has 1 rings (SSSR count). The number of carbonyl (C=O) groups is 1. The predicted molar refractivity (Wildman–Crippen MR) is 160 cm³/mol. The lowest BCUT2D eigenvalue weighted by Crippen LogP contribution is -2.45. The Kier molecular flexibility index (Phi) is 13.8. The Hall–Kier alpha value is -0.996. The van der Waals surface area contributed by atoms with Crippen LogP contribution < -0.4 is 0 Å². The smallest absolute Gasteiger partial charge is 0.308 e. The molecule has 0 aliphatic heterocycles. The summed E-state index contributed by atoms with van der Waals surface area (Å²) in [4.78, 5) is 12.2. The van der Waals surface area contributed by atoms with Gasteiger partial charge in [-0.1, -0.05) is 71.9 Å². The zero-order valence-corrected chi connectivity index (χ0v) is 27.9. The molecule has 0 unspecified atom stereocenters. The zero-order valence-electron chi connectivity index (χ0n) is 25.9. The Balaban J connectivity index is 3.03. The predicted octanol–water partition coefficient (Wildman–Crippen LogP) is 8.21. The molecule has 0 fully saturated rings. The summed E-state index contributed by atoms with van der Waals surface area (Å²) in [5.41, 5.74) is 1.20. The molecule has 4 atom stereocenters. The maximum Gasteiger partial charge on any atom is 0.308 e. The molecule has 0 saturated heterocycles. The summed E-state index contributed by atoms with van der Waals surface area (Å²) in [6.07, 6.45) is 2.87. The van der Waals surface area contributed by atoms with E-state index in [-0.39, 0.29) is 35.7 Å². The fourth-order valence-electron chi connectivity index (χ4n) is 4.45. The molecule has 0 aromatic heterocycles. The van der Waals surface area contributed by atoms with Gasteiger partial charge in [0.05, 0.1) is 32.3 Å². The van der Waals surface area contributed by atoms with E-state index >= 15 is 0 Å². The Bertz CT molecular complexity index is 783. The Morgan fingerprint density at radius 3 is 1.97 bits per heavy atom. The average molecular weight is 553 g/mol. The minimum absolute atomic E-state index is 0.0243. The van der Waals surface area contributed by atoms with Gasteiger partial charge in [-0.2, -0.15) is 0 Å². The van der Waals surface area contributed by atoms with Crippen LogP contribution >= 0.6 is 0 Å². The molecule has 0 heterocycles. The second-order valence-corrected chi connectivity index (χ2v) is 22.6. The number of hydrogen-bond donors (Lipinski definition) is 0. The van der Waals surface area contributed by atoms with Gasteiger partial charge in [-0.15, -0.1) is 0 Å². The van der Waals surface area contributed by atoms with Crippen LogP contribution in [0.1, 0.15) is 72.8 Å². The first-order valence-corrected chi connectivity index (χ1v) is 20.3. The lowest BCUT2D eigenvalue weighted by atomic mass is 9.89. The van der Waals surface area contributed by atoms with Crippen LogP contribution in [0.15, 0.2) is 30.3 Å². The summed E-state index contributed by atoms with van der Waals surface area (Å²) in [6, 6.07) is 10.4. The molecule has 1 aromatic carbocycles. The van der Waals surface area contributed by atoms with Crippen molar-refractivity contribution in [3.8, 4) is 0 Å². The molecule has 0 aliphatic carbocycles. The van der Waals surface area contributed by atoms with Gasteiger partial charge in [0.1, 0.15) is 0 Å². The highest BCUT2D eigenvalue weighted by Gasteiger charge is 2.40. The Morgan fingerprint density at radius 1 is 0.892 bits per heavy atom. The normalized spacial score (nSPS) is 16.4. The van der Waals surface area contributed by atoms with E-state index in [2.05, 4.69) is 98.5 Å². The highest BCUT2D eigenvalue weighted by Crippen LogP contribution is 2.39. The van der Waals surface area contributed by atoms with Crippen LogP contribution in [0.5, 0.6) is 0 Å². The van der Waals surface area contributed by atoms with Crippen molar-refractivity contribution < 1.29 is 23.1 Å². The largest absolute Gasteiger partial charge is 0.469 e. The van der Waals surface area contributed by atoms with Crippen molar-refractivity contribution in [2.24, 2.45) is 11.8 Å². The topological polar surface area (TPSA) is 54.0 Å². The van der Waals surface area contributed by atoms with Gasteiger partial charge in [-0.3, -0.25) is 4.79 Å². The number of ether oxygens (including phenoxy) is 2. The molecule has 7 heteroatoms. The zero-order chi connectivity index (χ0) is 28.4. The molecule has 0 N–H and O–H groups in total. The molecule has 0 radical (unpaired) electrons. The van der Waals surface area contributed by atoms with E-state index < -0.39 is 16.6 Å². The maximum atomic E-state index is 12.2. The highest BCUT2D eigenvalue weighted by atomic mass is 28.4. The number of benzene rings is 1. The SMILES string of the molecule is COC(=O)C[C@H](C[C@H](CC[C@H](C)[C@@H](OCc1ccccc1)C(C)C)O[Si](C)(C)C(C)(C)C)O[Si](C)(C)C. The van der Waals surface area contributed by atoms with Crippen LogP contribution in [0.3, 0.4) is 0 Å². The van der Waals surface area contributed by atoms with Crippen LogP contribution in [0.2, 0.25) is 37.8 Å². The van der Waals surface area contributed by atoms with Crippen molar-refractivity contribution in [3.63, 3.8) is 0 Å². The Labute approximate surface area is 230 Å². The molecule has 5 nitrogen and oxygen atoms in total. The van der Waals surface area contributed by atoms with E-state index in [0.717, 1.165) is 12.8 Å². The number of methoxy groups -OCH3 is 1. The van der Waals surface area contributed by atoms with Gasteiger partial charge >= 0.3 is 5.97 Å². The van der Waals surface area contributed by atoms with E-state index in [1.807, 2.05) is 6.07 Å². The van der Waals surface area contributed by atoms with Gasteiger partial charge in [0, 0.05) is 6.10 Å². The summed E-state index contributed by atoms with van der Waals surface area (Å²) in [5.74, 6) is 0.573. The minimum atomic E-state index is -2.01. The lowest BCUT2D eigenvalue weighted by molar-refractivity contribution is -0.142. The van der Waals surface area contributed by atoms with Crippen molar-refractivity contribution in [1.29, 1.82) is 0 Å². The quantitative estimate of drug-likeness (QED) is 0.153. The molecule has 0 spiro atoms. The van der Waals surface area contributed by atoms with E-state index in [1.165, 1.54) is 12.7 Å². The number of carbonyl (C=O) groups excluding carboxylic acids is 1. The molecule has 0 amide bonds. The first-order chi connectivity index (χ1) is 16.9. The van der Waals surface area contributed by atoms with E-state index in [0.29, 0.717) is 24.9 Å². The summed E-state index contributed by atoms with van der Waals surface area (Å²) < 4.78 is 24.9. The van der Waals surface area contributed by atoms with Crippen molar-refractivity contribution in [2.45, 2.75) is 130 Å². The average Bonchev–Trinajstić information content (AvgIpc) is 2.75. The first kappa shape index (κ1) is 34.0. The molecule has 214 valence electrons. The van der Waals surface area contributed by atoms with Crippen LogP contribution in [0.4, 0.5) is 0 Å². The van der Waals surface area contributed by atoms with Crippen molar-refractivity contribution >= 4 is 22.6 Å². The van der Waals surface area contributed by atoms with Crippen LogP contribution in [0, 0.1) is 11.8 Å². The van der Waals surface area contributed by atoms with Crippen molar-refractivity contribution in [2.75, 3.05) is 7.11 Å². The van der Waals surface area contributed by atoms with Crippen molar-refractivity contribution in [1.82, 2.24) is 0 Å². The fourth-order valence-corrected chi connectivity index (χ4v) is 7.03. The summed E-state index contributed by atoms with van der Waals surface area (Å²) in [6.45, 7) is 25.3. The van der Waals surface area contributed by atoms with Crippen molar-refractivity contribution in [3.05, 3.63) is 35.9 Å². The van der Waals surface area contributed by atoms with Crippen LogP contribution in [-0.2, 0) is 29.7 Å². The third-order valence-corrected chi connectivity index (χ3v) is 13.0. The molecule has 1 aromatic rings. The molecular formula is C30H56O5Si2. The molecule has 37 heavy (non-hydrogen) atoms. The minimum Gasteiger partial charge on any atom is -0.469 e. The summed E-state index contributed by atoms with van der Waals surface area (Å²) in [7, 11) is -2.42. The maximum absolute atomic E-state index is 12.2. The first-order valence-electron chi connectivity index (χ1n) is 14.0. The van der Waals surface area contributed by atoms with Gasteiger partial charge in [0.25, 0.3) is 0 Å². The standard InChI is InChI=1S/C30H56O5Si2/c1-23(2)29(33-22-25-16-14-13-15-17-25)24(3)18-19-26(35-37(11,12)30(4,5)6)20-27(21-28(31)32-7)34-36(8,9)10/h13-17,23-24,26-27,29H,18-22H2,1-12H3/t24-,26-,27-,29-/m0/s1. The summed E-state index contributed by atoms with van der Waals surface area (Å²) >= 11 is 0. The van der Waals surface area contributed by atoms with Gasteiger partial charge in [0.15, 0.2) is 16.6 Å². The van der Waals surface area contributed by atoms with E-state index in [1.54, 1.807) is 0 Å². The Morgan fingerprint density at radius 2 is 1.49 bits per heavy atom. The summed E-state index contributed by atoms with van der Waals surface area (Å²) in [5, 5.41) is 0.105. The third-order valence-electron chi connectivity index (χ3n) is 7.38. The van der Waals surface area contributed by atoms with Gasteiger partial charge in [-0.05, 0) is 74.4 Å². The number of rotatable bonds is 16. The number of hydrogen-bond acceptors (Lipinski definition) is 5. The van der Waals surface area contributed by atoms with Gasteiger partial charge in [0.2, 0.25) is 0 Å². The molecule has 0 aliphatic rings. The van der Waals surface area contributed by atoms with Gasteiger partial charge < -0.3 is 18.3 Å². The lowest BCUT2D eigenvalue weighted by Gasteiger charge is -2.41. The second kappa shape index (κ2) is 15.0. The highest BCUT2D eigenvalue weighted by molar-refractivity contribution is 6.74. The molecule has 0 saturated carbocycles. The third kappa shape index (κ3) is 13.1. The van der Waals surface area contributed by atoms with Crippen LogP contribution in [-0.4, -0.2) is 48.0 Å². The molecular weight excluding hydrogens is 496 g/mol. The second-order valence-electron chi connectivity index (χ2n) is 13.4. The number of esters is 1. The van der Waals surface area contributed by atoms with Crippen LogP contribution in [0.25, 0.3) is 0 Å². The van der Waals surface area contributed by atoms with Gasteiger partial charge in [-0.25, -0.2) is 0 Å². The van der Waals surface area contributed by atoms with E-state index in [4.69, 9.17) is 18.3 Å². The monoisotopic (exact) mass is 552 g/mol. The fraction of sp³-hybridized carbons (Fsp3) is 0.767. The molecule has 0 bridgehead atoms.